The van der Waals surface area contributed by atoms with E-state index in [-0.39, 0.29) is 16.8 Å². The number of nitrogens with one attached hydrogen (secondary N) is 2. The average Bonchev–Trinajstić information content (AvgIpc) is 3.45. The van der Waals surface area contributed by atoms with Crippen molar-refractivity contribution in [2.24, 2.45) is 0 Å². The Morgan fingerprint density at radius 1 is 1.16 bits per heavy atom. The standard InChI is InChI=1S/C21H24N4O5S/c1-2-29-16-8-6-15(7-9-16)24-31(27,28)19-11-10-18(30-19)20-17(14-22-23-20)21(26)25-12-4-3-5-13-25/h6-11,14,24H,2-5,12-13H2,1H3,(H,22,23). The summed E-state index contributed by atoms with van der Waals surface area (Å²) in [7, 11) is -3.95. The largest absolute Gasteiger partial charge is 0.494 e. The fourth-order valence-corrected chi connectivity index (χ4v) is 4.49. The molecule has 2 N–H and O–H groups in total. The van der Waals surface area contributed by atoms with Crippen LogP contribution in [0.3, 0.4) is 0 Å². The van der Waals surface area contributed by atoms with Crippen LogP contribution < -0.4 is 9.46 Å². The number of hydrogen-bond acceptors (Lipinski definition) is 6. The van der Waals surface area contributed by atoms with E-state index in [1.54, 1.807) is 29.2 Å². The van der Waals surface area contributed by atoms with Crippen molar-refractivity contribution in [3.05, 3.63) is 48.2 Å². The Hall–Kier alpha value is -3.27. The number of benzene rings is 1. The van der Waals surface area contributed by atoms with Gasteiger partial charge in [-0.15, -0.1) is 0 Å². The number of aromatic amines is 1. The number of amides is 1. The molecule has 0 saturated carbocycles. The third-order valence-electron chi connectivity index (χ3n) is 5.02. The summed E-state index contributed by atoms with van der Waals surface area (Å²) in [5, 5.41) is 6.46. The zero-order valence-corrected chi connectivity index (χ0v) is 17.9. The summed E-state index contributed by atoms with van der Waals surface area (Å²) < 4.78 is 38.9. The second-order valence-electron chi connectivity index (χ2n) is 7.19. The lowest BCUT2D eigenvalue weighted by Crippen LogP contribution is -2.35. The van der Waals surface area contributed by atoms with Crippen molar-refractivity contribution < 1.29 is 22.4 Å². The first-order valence-corrected chi connectivity index (χ1v) is 11.6. The minimum absolute atomic E-state index is 0.142. The topological polar surface area (TPSA) is 118 Å². The SMILES string of the molecule is CCOc1ccc(NS(=O)(=O)c2ccc(-c3[nH]ncc3C(=O)N3CCCCC3)o2)cc1. The molecule has 10 heteroatoms. The lowest BCUT2D eigenvalue weighted by atomic mass is 10.1. The van der Waals surface area contributed by atoms with Gasteiger partial charge < -0.3 is 14.1 Å². The summed E-state index contributed by atoms with van der Waals surface area (Å²) >= 11 is 0. The van der Waals surface area contributed by atoms with Gasteiger partial charge in [0.2, 0.25) is 5.09 Å². The Morgan fingerprint density at radius 3 is 2.61 bits per heavy atom. The van der Waals surface area contributed by atoms with Crippen molar-refractivity contribution >= 4 is 21.6 Å². The third-order valence-corrected chi connectivity index (χ3v) is 6.28. The molecule has 0 aliphatic carbocycles. The van der Waals surface area contributed by atoms with Gasteiger partial charge in [0.05, 0.1) is 18.4 Å². The third kappa shape index (κ3) is 4.58. The van der Waals surface area contributed by atoms with E-state index >= 15 is 0 Å². The number of furan rings is 1. The lowest BCUT2D eigenvalue weighted by Gasteiger charge is -2.26. The van der Waals surface area contributed by atoms with E-state index in [0.717, 1.165) is 19.3 Å². The number of rotatable bonds is 7. The van der Waals surface area contributed by atoms with Crippen LogP contribution in [0.4, 0.5) is 5.69 Å². The van der Waals surface area contributed by atoms with Crippen molar-refractivity contribution in [1.82, 2.24) is 15.1 Å². The molecule has 0 radical (unpaired) electrons. The molecule has 0 spiro atoms. The molecule has 0 unspecified atom stereocenters. The van der Waals surface area contributed by atoms with Crippen molar-refractivity contribution in [2.75, 3.05) is 24.4 Å². The van der Waals surface area contributed by atoms with Crippen LogP contribution in [0.25, 0.3) is 11.5 Å². The molecule has 3 heterocycles. The lowest BCUT2D eigenvalue weighted by molar-refractivity contribution is 0.0725. The summed E-state index contributed by atoms with van der Waals surface area (Å²) in [6.45, 7) is 3.80. The van der Waals surface area contributed by atoms with Crippen molar-refractivity contribution in [2.45, 2.75) is 31.3 Å². The van der Waals surface area contributed by atoms with Crippen LogP contribution in [0, 0.1) is 0 Å². The Labute approximate surface area is 180 Å². The highest BCUT2D eigenvalue weighted by atomic mass is 32.2. The molecule has 31 heavy (non-hydrogen) atoms. The van der Waals surface area contributed by atoms with Gasteiger partial charge >= 0.3 is 0 Å². The first-order valence-electron chi connectivity index (χ1n) is 10.2. The maximum absolute atomic E-state index is 12.9. The second-order valence-corrected chi connectivity index (χ2v) is 8.81. The number of ether oxygens (including phenoxy) is 1. The van der Waals surface area contributed by atoms with Gasteiger partial charge in [0.25, 0.3) is 15.9 Å². The first-order chi connectivity index (χ1) is 15.0. The molecule has 1 saturated heterocycles. The average molecular weight is 445 g/mol. The number of nitrogens with zero attached hydrogens (tertiary/aromatic N) is 2. The number of H-pyrrole nitrogens is 1. The van der Waals surface area contributed by atoms with E-state index in [9.17, 15) is 13.2 Å². The normalized spacial score (nSPS) is 14.4. The van der Waals surface area contributed by atoms with E-state index in [0.29, 0.717) is 42.4 Å². The minimum atomic E-state index is -3.95. The van der Waals surface area contributed by atoms with Crippen LogP contribution in [0.5, 0.6) is 5.75 Å². The molecule has 0 atom stereocenters. The van der Waals surface area contributed by atoms with Crippen LogP contribution in [0.15, 0.2) is 52.1 Å². The predicted octanol–water partition coefficient (Wildman–Crippen LogP) is 3.50. The zero-order chi connectivity index (χ0) is 21.8. The number of aromatic nitrogens is 2. The molecule has 9 nitrogen and oxygen atoms in total. The predicted molar refractivity (Wildman–Crippen MR) is 114 cm³/mol. The van der Waals surface area contributed by atoms with Gasteiger partial charge in [-0.2, -0.15) is 13.5 Å². The van der Waals surface area contributed by atoms with E-state index in [1.165, 1.54) is 18.3 Å². The van der Waals surface area contributed by atoms with Gasteiger partial charge in [-0.1, -0.05) is 0 Å². The number of carbonyl (C=O) groups excluding carboxylic acids is 1. The summed E-state index contributed by atoms with van der Waals surface area (Å²) in [6.07, 6.45) is 4.50. The summed E-state index contributed by atoms with van der Waals surface area (Å²) in [5.74, 6) is 0.734. The first kappa shape index (κ1) is 21.0. The molecular weight excluding hydrogens is 420 g/mol. The molecule has 1 aliphatic heterocycles. The maximum Gasteiger partial charge on any atom is 0.295 e. The fraction of sp³-hybridized carbons (Fsp3) is 0.333. The van der Waals surface area contributed by atoms with E-state index in [4.69, 9.17) is 9.15 Å². The highest BCUT2D eigenvalue weighted by Crippen LogP contribution is 2.28. The van der Waals surface area contributed by atoms with Gasteiger partial charge in [0.1, 0.15) is 11.4 Å². The Balaban J connectivity index is 1.53. The Bertz CT molecular complexity index is 1140. The Kier molecular flexibility index (Phi) is 5.99. The van der Waals surface area contributed by atoms with Crippen LogP contribution >= 0.6 is 0 Å². The molecule has 1 aromatic carbocycles. The van der Waals surface area contributed by atoms with Crippen LogP contribution in [0.1, 0.15) is 36.5 Å². The summed E-state index contributed by atoms with van der Waals surface area (Å²) in [4.78, 5) is 14.6. The van der Waals surface area contributed by atoms with Gasteiger partial charge in [-0.3, -0.25) is 14.6 Å². The highest BCUT2D eigenvalue weighted by Gasteiger charge is 2.26. The second kappa shape index (κ2) is 8.84. The monoisotopic (exact) mass is 444 g/mol. The molecule has 1 fully saturated rings. The fourth-order valence-electron chi connectivity index (χ4n) is 3.49. The van der Waals surface area contributed by atoms with E-state index < -0.39 is 10.0 Å². The van der Waals surface area contributed by atoms with Crippen LogP contribution in [0.2, 0.25) is 0 Å². The van der Waals surface area contributed by atoms with Gasteiger partial charge in [0.15, 0.2) is 5.76 Å². The highest BCUT2D eigenvalue weighted by molar-refractivity contribution is 7.92. The van der Waals surface area contributed by atoms with Gasteiger partial charge in [0, 0.05) is 18.8 Å². The zero-order valence-electron chi connectivity index (χ0n) is 17.1. The number of piperidine rings is 1. The molecule has 2 aromatic heterocycles. The number of likely N-dealkylation sites (tertiary alicyclic amines) is 1. The molecule has 1 aliphatic rings. The molecule has 164 valence electrons. The maximum atomic E-state index is 12.9. The summed E-state index contributed by atoms with van der Waals surface area (Å²) in [5.41, 5.74) is 1.10. The summed E-state index contributed by atoms with van der Waals surface area (Å²) in [6, 6.07) is 9.43. The molecule has 1 amide bonds. The quantitative estimate of drug-likeness (QED) is 0.576. The number of carbonyl (C=O) groups is 1. The van der Waals surface area contributed by atoms with Crippen molar-refractivity contribution in [1.29, 1.82) is 0 Å². The van der Waals surface area contributed by atoms with Gasteiger partial charge in [-0.05, 0) is 62.6 Å². The van der Waals surface area contributed by atoms with Crippen LogP contribution in [-0.4, -0.2) is 49.1 Å². The van der Waals surface area contributed by atoms with E-state index in [1.807, 2.05) is 6.92 Å². The van der Waals surface area contributed by atoms with E-state index in [2.05, 4.69) is 14.9 Å². The van der Waals surface area contributed by atoms with Crippen molar-refractivity contribution in [3.8, 4) is 17.2 Å². The smallest absolute Gasteiger partial charge is 0.295 e. The number of sulfonamides is 1. The van der Waals surface area contributed by atoms with Crippen LogP contribution in [-0.2, 0) is 10.0 Å². The Morgan fingerprint density at radius 2 is 1.90 bits per heavy atom. The molecule has 4 rings (SSSR count). The van der Waals surface area contributed by atoms with Gasteiger partial charge in [-0.25, -0.2) is 0 Å². The molecule has 0 bridgehead atoms. The number of hydrogen-bond donors (Lipinski definition) is 2. The minimum Gasteiger partial charge on any atom is -0.494 e. The van der Waals surface area contributed by atoms with Crippen molar-refractivity contribution in [3.63, 3.8) is 0 Å². The number of anilines is 1. The molecule has 3 aromatic rings. The molecular formula is C21H24N4O5S.